The molecule has 1 heterocycles. The molecule has 0 aromatic heterocycles. The largest absolute Gasteiger partial charge is 0.329 e. The number of carbonyl (C=O) groups is 1. The summed E-state index contributed by atoms with van der Waals surface area (Å²) in [4.78, 5) is 14.3. The number of carbonyl (C=O) groups excluding carboxylic acids is 1. The second kappa shape index (κ2) is 7.52. The molecule has 1 fully saturated rings. The van der Waals surface area contributed by atoms with Crippen molar-refractivity contribution in [1.82, 2.24) is 4.90 Å². The van der Waals surface area contributed by atoms with Crippen molar-refractivity contribution in [3.8, 4) is 0 Å². The highest BCUT2D eigenvalue weighted by molar-refractivity contribution is 5.90. The van der Waals surface area contributed by atoms with Crippen molar-refractivity contribution in [3.63, 3.8) is 0 Å². The Bertz CT molecular complexity index is 480. The van der Waals surface area contributed by atoms with E-state index in [0.29, 0.717) is 37.2 Å². The summed E-state index contributed by atoms with van der Waals surface area (Å²) in [6.45, 7) is 4.55. The summed E-state index contributed by atoms with van der Waals surface area (Å²) in [6.07, 6.45) is 2.76. The lowest BCUT2D eigenvalue weighted by Gasteiger charge is -2.39. The number of nitrogens with two attached hydrogens (primary N) is 1. The molecule has 0 radical (unpaired) electrons. The van der Waals surface area contributed by atoms with Gasteiger partial charge in [0, 0.05) is 31.2 Å². The standard InChI is InChI=1S/C16H24FN3O/c1-12-4-3-8-20(15(12)11-18)9-7-16(21)19-14-6-2-5-13(17)10-14/h2,5-6,10,12,15H,3-4,7-9,11,18H2,1H3,(H,19,21). The average Bonchev–Trinajstić information content (AvgIpc) is 2.45. The van der Waals surface area contributed by atoms with Gasteiger partial charge in [-0.15, -0.1) is 0 Å². The maximum atomic E-state index is 13.1. The van der Waals surface area contributed by atoms with Crippen LogP contribution in [0, 0.1) is 11.7 Å². The highest BCUT2D eigenvalue weighted by Gasteiger charge is 2.27. The maximum Gasteiger partial charge on any atom is 0.225 e. The van der Waals surface area contributed by atoms with Crippen molar-refractivity contribution in [2.24, 2.45) is 11.7 Å². The van der Waals surface area contributed by atoms with Crippen LogP contribution < -0.4 is 11.1 Å². The molecule has 0 saturated carbocycles. The van der Waals surface area contributed by atoms with Crippen molar-refractivity contribution >= 4 is 11.6 Å². The summed E-state index contributed by atoms with van der Waals surface area (Å²) in [7, 11) is 0. The predicted molar refractivity (Wildman–Crippen MR) is 82.5 cm³/mol. The fraction of sp³-hybridized carbons (Fsp3) is 0.562. The number of piperidine rings is 1. The van der Waals surface area contributed by atoms with Gasteiger partial charge in [0.05, 0.1) is 0 Å². The van der Waals surface area contributed by atoms with E-state index >= 15 is 0 Å². The van der Waals surface area contributed by atoms with Crippen LogP contribution in [0.15, 0.2) is 24.3 Å². The van der Waals surface area contributed by atoms with Crippen LogP contribution in [0.1, 0.15) is 26.2 Å². The molecule has 0 aliphatic carbocycles. The van der Waals surface area contributed by atoms with Gasteiger partial charge in [0.1, 0.15) is 5.82 Å². The average molecular weight is 293 g/mol. The van der Waals surface area contributed by atoms with Gasteiger partial charge in [-0.1, -0.05) is 13.0 Å². The Morgan fingerprint density at radius 2 is 2.33 bits per heavy atom. The fourth-order valence-electron chi connectivity index (χ4n) is 3.03. The van der Waals surface area contributed by atoms with Gasteiger partial charge in [-0.25, -0.2) is 4.39 Å². The Kier molecular flexibility index (Phi) is 5.70. The van der Waals surface area contributed by atoms with Crippen LogP contribution >= 0.6 is 0 Å². The lowest BCUT2D eigenvalue weighted by atomic mass is 9.90. The topological polar surface area (TPSA) is 58.4 Å². The van der Waals surface area contributed by atoms with Gasteiger partial charge in [-0.2, -0.15) is 0 Å². The third-order valence-electron chi connectivity index (χ3n) is 4.21. The van der Waals surface area contributed by atoms with Gasteiger partial charge < -0.3 is 11.1 Å². The summed E-state index contributed by atoms with van der Waals surface area (Å²) in [5, 5.41) is 2.73. The van der Waals surface area contributed by atoms with Crippen LogP contribution in [-0.4, -0.2) is 36.5 Å². The molecule has 5 heteroatoms. The van der Waals surface area contributed by atoms with Crippen molar-refractivity contribution < 1.29 is 9.18 Å². The Hall–Kier alpha value is -1.46. The molecule has 1 aromatic carbocycles. The van der Waals surface area contributed by atoms with E-state index in [1.165, 1.54) is 18.6 Å². The van der Waals surface area contributed by atoms with Crippen LogP contribution in [0.4, 0.5) is 10.1 Å². The quantitative estimate of drug-likeness (QED) is 0.875. The SMILES string of the molecule is CC1CCCN(CCC(=O)Nc2cccc(F)c2)C1CN. The molecule has 116 valence electrons. The van der Waals surface area contributed by atoms with Gasteiger partial charge in [0.15, 0.2) is 0 Å². The van der Waals surface area contributed by atoms with Gasteiger partial charge >= 0.3 is 0 Å². The molecule has 1 aliphatic heterocycles. The van der Waals surface area contributed by atoms with Gasteiger partial charge in [-0.05, 0) is 43.5 Å². The van der Waals surface area contributed by atoms with Crippen LogP contribution in [0.3, 0.4) is 0 Å². The third kappa shape index (κ3) is 4.51. The van der Waals surface area contributed by atoms with Gasteiger partial charge in [-0.3, -0.25) is 9.69 Å². The molecule has 0 bridgehead atoms. The molecule has 2 unspecified atom stereocenters. The summed E-state index contributed by atoms with van der Waals surface area (Å²) < 4.78 is 13.1. The molecule has 21 heavy (non-hydrogen) atoms. The van der Waals surface area contributed by atoms with Crippen LogP contribution in [0.5, 0.6) is 0 Å². The number of benzene rings is 1. The van der Waals surface area contributed by atoms with Gasteiger partial charge in [0.2, 0.25) is 5.91 Å². The zero-order valence-corrected chi connectivity index (χ0v) is 12.5. The predicted octanol–water partition coefficient (Wildman–Crippen LogP) is 2.21. The fourth-order valence-corrected chi connectivity index (χ4v) is 3.03. The molecule has 2 rings (SSSR count). The van der Waals surface area contributed by atoms with E-state index < -0.39 is 0 Å². The first-order valence-electron chi connectivity index (χ1n) is 7.59. The van der Waals surface area contributed by atoms with E-state index in [9.17, 15) is 9.18 Å². The summed E-state index contributed by atoms with van der Waals surface area (Å²) >= 11 is 0. The second-order valence-electron chi connectivity index (χ2n) is 5.77. The van der Waals surface area contributed by atoms with E-state index in [-0.39, 0.29) is 11.7 Å². The van der Waals surface area contributed by atoms with Crippen molar-refractivity contribution in [1.29, 1.82) is 0 Å². The van der Waals surface area contributed by atoms with Crippen LogP contribution in [-0.2, 0) is 4.79 Å². The number of hydrogen-bond donors (Lipinski definition) is 2. The number of rotatable bonds is 5. The number of nitrogens with one attached hydrogen (secondary N) is 1. The minimum atomic E-state index is -0.346. The highest BCUT2D eigenvalue weighted by atomic mass is 19.1. The number of nitrogens with zero attached hydrogens (tertiary/aromatic N) is 1. The second-order valence-corrected chi connectivity index (χ2v) is 5.77. The molecule has 3 N–H and O–H groups in total. The minimum absolute atomic E-state index is 0.0883. The lowest BCUT2D eigenvalue weighted by molar-refractivity contribution is -0.116. The molecular weight excluding hydrogens is 269 g/mol. The molecule has 4 nitrogen and oxygen atoms in total. The van der Waals surface area contributed by atoms with E-state index in [1.807, 2.05) is 0 Å². The van der Waals surface area contributed by atoms with Gasteiger partial charge in [0.25, 0.3) is 0 Å². The van der Waals surface area contributed by atoms with E-state index in [2.05, 4.69) is 17.1 Å². The molecule has 1 aromatic rings. The Balaban J connectivity index is 1.83. The van der Waals surface area contributed by atoms with Crippen molar-refractivity contribution in [3.05, 3.63) is 30.1 Å². The third-order valence-corrected chi connectivity index (χ3v) is 4.21. The first-order chi connectivity index (χ1) is 10.1. The smallest absolute Gasteiger partial charge is 0.225 e. The maximum absolute atomic E-state index is 13.1. The molecule has 1 aliphatic rings. The molecule has 1 amide bonds. The monoisotopic (exact) mass is 293 g/mol. The van der Waals surface area contributed by atoms with Crippen molar-refractivity contribution in [2.75, 3.05) is 25.0 Å². The Morgan fingerprint density at radius 3 is 3.05 bits per heavy atom. The normalized spacial score (nSPS) is 23.0. The number of likely N-dealkylation sites (tertiary alicyclic amines) is 1. The number of hydrogen-bond acceptors (Lipinski definition) is 3. The summed E-state index contributed by atoms with van der Waals surface area (Å²) in [5.41, 5.74) is 6.35. The number of amides is 1. The first-order valence-corrected chi connectivity index (χ1v) is 7.59. The zero-order chi connectivity index (χ0) is 15.2. The lowest BCUT2D eigenvalue weighted by Crippen LogP contribution is -2.49. The van der Waals surface area contributed by atoms with E-state index in [0.717, 1.165) is 13.0 Å². The molecular formula is C16H24FN3O. The van der Waals surface area contributed by atoms with Crippen LogP contribution in [0.2, 0.25) is 0 Å². The first kappa shape index (κ1) is 15.9. The molecule has 0 spiro atoms. The molecule has 2 atom stereocenters. The van der Waals surface area contributed by atoms with E-state index in [1.54, 1.807) is 12.1 Å². The number of anilines is 1. The Morgan fingerprint density at radius 1 is 1.52 bits per heavy atom. The molecule has 1 saturated heterocycles. The minimum Gasteiger partial charge on any atom is -0.329 e. The number of halogens is 1. The summed E-state index contributed by atoms with van der Waals surface area (Å²) in [6, 6.07) is 6.31. The Labute approximate surface area is 125 Å². The zero-order valence-electron chi connectivity index (χ0n) is 12.5. The van der Waals surface area contributed by atoms with E-state index in [4.69, 9.17) is 5.73 Å². The summed E-state index contributed by atoms with van der Waals surface area (Å²) in [5.74, 6) is 0.144. The van der Waals surface area contributed by atoms with Crippen LogP contribution in [0.25, 0.3) is 0 Å². The highest BCUT2D eigenvalue weighted by Crippen LogP contribution is 2.22. The van der Waals surface area contributed by atoms with Crippen molar-refractivity contribution in [2.45, 2.75) is 32.2 Å².